The SMILES string of the molecule is CC[C@@H](C)[C@H](OC(=O)/C=C/c1ccccc1)[C@H](C)[C@H](O)C/C=C/C=C\C(N)=O. The number of benzene rings is 1. The molecule has 5 nitrogen and oxygen atoms in total. The first-order valence-electron chi connectivity index (χ1n) is 9.59. The molecule has 1 aromatic carbocycles. The summed E-state index contributed by atoms with van der Waals surface area (Å²) in [6.45, 7) is 5.91. The standard InChI is InChI=1S/C23H31NO4/c1-4-17(2)23(18(3)20(25)13-9-6-10-14-21(24)26)28-22(27)16-15-19-11-7-5-8-12-19/h5-12,14-18,20,23,25H,4,13H2,1-3H3,(H2,24,26)/b9-6+,14-10-,16-15+/t17-,18-,20-,23+/m1/s1. The molecule has 0 aromatic heterocycles. The fourth-order valence-electron chi connectivity index (χ4n) is 2.76. The summed E-state index contributed by atoms with van der Waals surface area (Å²) in [5, 5.41) is 10.5. The Labute approximate surface area is 167 Å². The van der Waals surface area contributed by atoms with Crippen molar-refractivity contribution in [3.05, 3.63) is 66.3 Å². The van der Waals surface area contributed by atoms with Gasteiger partial charge in [-0.1, -0.05) is 75.8 Å². The van der Waals surface area contributed by atoms with Crippen LogP contribution >= 0.6 is 0 Å². The van der Waals surface area contributed by atoms with Crippen molar-refractivity contribution >= 4 is 18.0 Å². The molecule has 152 valence electrons. The predicted octanol–water partition coefficient (Wildman–Crippen LogP) is 3.64. The van der Waals surface area contributed by atoms with Gasteiger partial charge in [0, 0.05) is 18.1 Å². The van der Waals surface area contributed by atoms with Crippen LogP contribution in [-0.4, -0.2) is 29.2 Å². The summed E-state index contributed by atoms with van der Waals surface area (Å²) in [5.74, 6) is -1.08. The molecular formula is C23H31NO4. The lowest BCUT2D eigenvalue weighted by Gasteiger charge is -2.31. The minimum atomic E-state index is -0.678. The number of amides is 1. The minimum Gasteiger partial charge on any atom is -0.459 e. The number of hydrogen-bond donors (Lipinski definition) is 2. The molecule has 0 saturated carbocycles. The zero-order chi connectivity index (χ0) is 20.9. The Morgan fingerprint density at radius 3 is 2.43 bits per heavy atom. The van der Waals surface area contributed by atoms with Crippen LogP contribution in [0.25, 0.3) is 6.08 Å². The second-order valence-electron chi connectivity index (χ2n) is 6.88. The number of carbonyl (C=O) groups is 2. The Kier molecular flexibility index (Phi) is 10.6. The second kappa shape index (κ2) is 12.7. The molecule has 0 bridgehead atoms. The highest BCUT2D eigenvalue weighted by Gasteiger charge is 2.30. The molecule has 0 aliphatic heterocycles. The van der Waals surface area contributed by atoms with Gasteiger partial charge in [0.1, 0.15) is 6.10 Å². The van der Waals surface area contributed by atoms with Gasteiger partial charge in [-0.2, -0.15) is 0 Å². The number of primary amides is 1. The van der Waals surface area contributed by atoms with E-state index in [0.717, 1.165) is 12.0 Å². The van der Waals surface area contributed by atoms with Crippen LogP contribution in [0.3, 0.4) is 0 Å². The van der Waals surface area contributed by atoms with Crippen LogP contribution in [0.2, 0.25) is 0 Å². The van der Waals surface area contributed by atoms with E-state index in [2.05, 4.69) is 0 Å². The molecule has 5 heteroatoms. The third-order valence-electron chi connectivity index (χ3n) is 4.68. The van der Waals surface area contributed by atoms with Gasteiger partial charge < -0.3 is 15.6 Å². The molecule has 4 atom stereocenters. The van der Waals surface area contributed by atoms with Crippen LogP contribution in [0.1, 0.15) is 39.2 Å². The summed E-state index contributed by atoms with van der Waals surface area (Å²) in [4.78, 5) is 22.9. The molecule has 0 radical (unpaired) electrons. The molecule has 0 aliphatic rings. The van der Waals surface area contributed by atoms with Gasteiger partial charge in [0.05, 0.1) is 6.10 Å². The van der Waals surface area contributed by atoms with Crippen molar-refractivity contribution in [3.8, 4) is 0 Å². The van der Waals surface area contributed by atoms with Gasteiger partial charge >= 0.3 is 5.97 Å². The fraction of sp³-hybridized carbons (Fsp3) is 0.391. The number of carbonyl (C=O) groups excluding carboxylic acids is 2. The number of allylic oxidation sites excluding steroid dienone is 2. The first-order chi connectivity index (χ1) is 13.3. The normalized spacial score (nSPS) is 16.3. The summed E-state index contributed by atoms with van der Waals surface area (Å²) >= 11 is 0. The first-order valence-corrected chi connectivity index (χ1v) is 9.59. The molecule has 0 saturated heterocycles. The minimum absolute atomic E-state index is 0.109. The molecule has 0 unspecified atom stereocenters. The Hall–Kier alpha value is -2.66. The maximum atomic E-state index is 12.3. The van der Waals surface area contributed by atoms with Crippen LogP contribution in [0, 0.1) is 11.8 Å². The monoisotopic (exact) mass is 385 g/mol. The highest BCUT2D eigenvalue weighted by Crippen LogP contribution is 2.24. The molecule has 1 amide bonds. The van der Waals surface area contributed by atoms with E-state index in [4.69, 9.17) is 10.5 Å². The highest BCUT2D eigenvalue weighted by atomic mass is 16.5. The third-order valence-corrected chi connectivity index (χ3v) is 4.68. The maximum Gasteiger partial charge on any atom is 0.331 e. The van der Waals surface area contributed by atoms with E-state index in [0.29, 0.717) is 6.42 Å². The molecule has 1 aromatic rings. The van der Waals surface area contributed by atoms with Gasteiger partial charge in [0.2, 0.25) is 5.91 Å². The van der Waals surface area contributed by atoms with Crippen molar-refractivity contribution in [1.29, 1.82) is 0 Å². The number of esters is 1. The molecule has 0 heterocycles. The van der Waals surface area contributed by atoms with Crippen molar-refractivity contribution in [2.45, 2.75) is 45.8 Å². The van der Waals surface area contributed by atoms with E-state index in [1.807, 2.05) is 51.1 Å². The molecule has 0 fully saturated rings. The number of nitrogens with two attached hydrogens (primary N) is 1. The molecule has 0 spiro atoms. The van der Waals surface area contributed by atoms with Crippen molar-refractivity contribution in [2.24, 2.45) is 17.6 Å². The Morgan fingerprint density at radius 1 is 1.14 bits per heavy atom. The smallest absolute Gasteiger partial charge is 0.331 e. The third kappa shape index (κ3) is 8.82. The van der Waals surface area contributed by atoms with Crippen LogP contribution in [0.15, 0.2) is 60.7 Å². The van der Waals surface area contributed by atoms with Crippen molar-refractivity contribution < 1.29 is 19.4 Å². The average molecular weight is 386 g/mol. The predicted molar refractivity (Wildman–Crippen MR) is 112 cm³/mol. The molecule has 3 N–H and O–H groups in total. The number of ether oxygens (including phenoxy) is 1. The van der Waals surface area contributed by atoms with Crippen molar-refractivity contribution in [2.75, 3.05) is 0 Å². The lowest BCUT2D eigenvalue weighted by atomic mass is 9.86. The van der Waals surface area contributed by atoms with E-state index >= 15 is 0 Å². The van der Waals surface area contributed by atoms with Crippen LogP contribution in [-0.2, 0) is 14.3 Å². The number of rotatable bonds is 11. The lowest BCUT2D eigenvalue weighted by molar-refractivity contribution is -0.151. The Bertz CT molecular complexity index is 694. The van der Waals surface area contributed by atoms with Gasteiger partial charge in [-0.3, -0.25) is 4.79 Å². The molecule has 28 heavy (non-hydrogen) atoms. The zero-order valence-electron chi connectivity index (χ0n) is 16.8. The van der Waals surface area contributed by atoms with Crippen molar-refractivity contribution in [3.63, 3.8) is 0 Å². The van der Waals surface area contributed by atoms with Crippen LogP contribution in [0.4, 0.5) is 0 Å². The second-order valence-corrected chi connectivity index (χ2v) is 6.88. The van der Waals surface area contributed by atoms with E-state index in [9.17, 15) is 14.7 Å². The summed E-state index contributed by atoms with van der Waals surface area (Å²) < 4.78 is 5.68. The molecule has 0 aliphatic carbocycles. The maximum absolute atomic E-state index is 12.3. The zero-order valence-corrected chi connectivity index (χ0v) is 16.8. The van der Waals surface area contributed by atoms with Gasteiger partial charge in [-0.05, 0) is 24.0 Å². The van der Waals surface area contributed by atoms with Crippen LogP contribution < -0.4 is 5.73 Å². The molecule has 1 rings (SSSR count). The Morgan fingerprint density at radius 2 is 1.82 bits per heavy atom. The highest BCUT2D eigenvalue weighted by molar-refractivity contribution is 5.87. The Balaban J connectivity index is 2.71. The number of aliphatic hydroxyl groups is 1. The van der Waals surface area contributed by atoms with E-state index < -0.39 is 24.1 Å². The summed E-state index contributed by atoms with van der Waals surface area (Å²) in [6.07, 6.45) is 9.45. The van der Waals surface area contributed by atoms with Gasteiger partial charge in [-0.15, -0.1) is 0 Å². The topological polar surface area (TPSA) is 89.6 Å². The summed E-state index contributed by atoms with van der Waals surface area (Å²) in [7, 11) is 0. The van der Waals surface area contributed by atoms with Gasteiger partial charge in [0.25, 0.3) is 0 Å². The number of hydrogen-bond acceptors (Lipinski definition) is 4. The first kappa shape index (κ1) is 23.4. The fourth-order valence-corrected chi connectivity index (χ4v) is 2.76. The van der Waals surface area contributed by atoms with Crippen LogP contribution in [0.5, 0.6) is 0 Å². The molecular weight excluding hydrogens is 354 g/mol. The quantitative estimate of drug-likeness (QED) is 0.346. The number of aliphatic hydroxyl groups excluding tert-OH is 1. The van der Waals surface area contributed by atoms with Gasteiger partial charge in [0.15, 0.2) is 0 Å². The van der Waals surface area contributed by atoms with E-state index in [1.54, 1.807) is 18.2 Å². The average Bonchev–Trinajstić information content (AvgIpc) is 2.69. The van der Waals surface area contributed by atoms with Gasteiger partial charge in [-0.25, -0.2) is 4.79 Å². The lowest BCUT2D eigenvalue weighted by Crippen LogP contribution is -2.37. The summed E-state index contributed by atoms with van der Waals surface area (Å²) in [5.41, 5.74) is 5.93. The van der Waals surface area contributed by atoms with Crippen molar-refractivity contribution in [1.82, 2.24) is 0 Å². The largest absolute Gasteiger partial charge is 0.459 e. The summed E-state index contributed by atoms with van der Waals surface area (Å²) in [6, 6.07) is 9.52. The van der Waals surface area contributed by atoms with E-state index in [-0.39, 0.29) is 11.8 Å². The van der Waals surface area contributed by atoms with E-state index in [1.165, 1.54) is 18.2 Å².